The summed E-state index contributed by atoms with van der Waals surface area (Å²) < 4.78 is 34.0. The van der Waals surface area contributed by atoms with Crippen LogP contribution in [0, 0.1) is 6.92 Å². The molecule has 0 spiro atoms. The molecule has 21 heavy (non-hydrogen) atoms. The zero-order chi connectivity index (χ0) is 15.6. The van der Waals surface area contributed by atoms with Crippen molar-refractivity contribution in [2.24, 2.45) is 7.05 Å². The zero-order valence-corrected chi connectivity index (χ0v) is 13.3. The zero-order valence-electron chi connectivity index (χ0n) is 12.5. The predicted molar refractivity (Wildman–Crippen MR) is 79.7 cm³/mol. The van der Waals surface area contributed by atoms with Gasteiger partial charge in [-0.25, -0.2) is 13.1 Å². The molecule has 2 rings (SSSR count). The second-order valence-electron chi connectivity index (χ2n) is 4.87. The lowest BCUT2D eigenvalue weighted by atomic mass is 10.1. The van der Waals surface area contributed by atoms with Crippen molar-refractivity contribution in [3.05, 3.63) is 41.7 Å². The molecular formula is C14H19N3O3S. The Morgan fingerprint density at radius 2 is 1.90 bits per heavy atom. The molecule has 1 atom stereocenters. The van der Waals surface area contributed by atoms with Crippen molar-refractivity contribution in [1.29, 1.82) is 0 Å². The van der Waals surface area contributed by atoms with Crippen molar-refractivity contribution < 1.29 is 13.2 Å². The van der Waals surface area contributed by atoms with E-state index in [0.29, 0.717) is 5.69 Å². The molecule has 6 nitrogen and oxygen atoms in total. The molecule has 0 aliphatic rings. The highest BCUT2D eigenvalue weighted by Crippen LogP contribution is 2.20. The molecule has 1 N–H and O–H groups in total. The summed E-state index contributed by atoms with van der Waals surface area (Å²) in [6.07, 6.45) is 1.50. The summed E-state index contributed by atoms with van der Waals surface area (Å²) in [6, 6.07) is 6.93. The highest BCUT2D eigenvalue weighted by atomic mass is 32.2. The van der Waals surface area contributed by atoms with Crippen LogP contribution >= 0.6 is 0 Å². The Bertz CT molecular complexity index is 720. The Morgan fingerprint density at radius 1 is 1.29 bits per heavy atom. The van der Waals surface area contributed by atoms with Crippen LogP contribution in [0.2, 0.25) is 0 Å². The fraction of sp³-hybridized carbons (Fsp3) is 0.357. The van der Waals surface area contributed by atoms with Crippen LogP contribution in [0.1, 0.15) is 24.2 Å². The maximum absolute atomic E-state index is 12.4. The minimum atomic E-state index is -3.60. The maximum Gasteiger partial charge on any atom is 0.244 e. The molecule has 0 radical (unpaired) electrons. The van der Waals surface area contributed by atoms with Gasteiger partial charge in [0.05, 0.1) is 12.8 Å². The lowest BCUT2D eigenvalue weighted by Crippen LogP contribution is -2.27. The standard InChI is InChI=1S/C14H19N3O3S/c1-10(12-5-7-13(20-4)8-6-12)16-21(18,19)14-9-17(3)15-11(14)2/h5-10,16H,1-4H3. The average molecular weight is 309 g/mol. The number of ether oxygens (including phenoxy) is 1. The molecule has 0 amide bonds. The SMILES string of the molecule is COc1ccc(C(C)NS(=O)(=O)c2cn(C)nc2C)cc1. The van der Waals surface area contributed by atoms with E-state index in [1.54, 1.807) is 40.1 Å². The van der Waals surface area contributed by atoms with Gasteiger partial charge in [0.2, 0.25) is 10.0 Å². The normalized spacial score (nSPS) is 13.1. The van der Waals surface area contributed by atoms with E-state index in [0.717, 1.165) is 11.3 Å². The minimum Gasteiger partial charge on any atom is -0.497 e. The number of methoxy groups -OCH3 is 1. The number of sulfonamides is 1. The summed E-state index contributed by atoms with van der Waals surface area (Å²) in [7, 11) is -0.315. The van der Waals surface area contributed by atoms with Crippen LogP contribution in [-0.2, 0) is 17.1 Å². The topological polar surface area (TPSA) is 73.2 Å². The fourth-order valence-corrected chi connectivity index (χ4v) is 3.55. The molecule has 1 heterocycles. The fourth-order valence-electron chi connectivity index (χ4n) is 2.10. The number of aryl methyl sites for hydroxylation is 2. The third-order valence-electron chi connectivity index (χ3n) is 3.21. The van der Waals surface area contributed by atoms with Gasteiger partial charge in [0.1, 0.15) is 10.6 Å². The molecular weight excluding hydrogens is 290 g/mol. The summed E-state index contributed by atoms with van der Waals surface area (Å²) in [6.45, 7) is 3.47. The Labute approximate surface area is 124 Å². The third kappa shape index (κ3) is 3.43. The predicted octanol–water partition coefficient (Wildman–Crippen LogP) is 1.78. The van der Waals surface area contributed by atoms with E-state index in [1.165, 1.54) is 10.9 Å². The van der Waals surface area contributed by atoms with Crippen LogP contribution in [0.5, 0.6) is 5.75 Å². The molecule has 7 heteroatoms. The molecule has 0 aliphatic carbocycles. The van der Waals surface area contributed by atoms with Gasteiger partial charge in [0.15, 0.2) is 0 Å². The third-order valence-corrected chi connectivity index (χ3v) is 4.85. The highest BCUT2D eigenvalue weighted by molar-refractivity contribution is 7.89. The monoisotopic (exact) mass is 309 g/mol. The second kappa shape index (κ2) is 5.87. The second-order valence-corrected chi connectivity index (χ2v) is 6.55. The molecule has 0 bridgehead atoms. The highest BCUT2D eigenvalue weighted by Gasteiger charge is 2.22. The molecule has 0 fully saturated rings. The van der Waals surface area contributed by atoms with Gasteiger partial charge in [0, 0.05) is 19.3 Å². The van der Waals surface area contributed by atoms with E-state index >= 15 is 0 Å². The van der Waals surface area contributed by atoms with E-state index in [1.807, 2.05) is 12.1 Å². The maximum atomic E-state index is 12.4. The van der Waals surface area contributed by atoms with Crippen molar-refractivity contribution in [3.63, 3.8) is 0 Å². The number of hydrogen-bond donors (Lipinski definition) is 1. The summed E-state index contributed by atoms with van der Waals surface area (Å²) in [5.41, 5.74) is 1.34. The first-order chi connectivity index (χ1) is 9.83. The van der Waals surface area contributed by atoms with Gasteiger partial charge >= 0.3 is 0 Å². The first-order valence-corrected chi connectivity index (χ1v) is 7.98. The lowest BCUT2D eigenvalue weighted by molar-refractivity contribution is 0.414. The van der Waals surface area contributed by atoms with Gasteiger partial charge in [-0.3, -0.25) is 4.68 Å². The quantitative estimate of drug-likeness (QED) is 0.913. The lowest BCUT2D eigenvalue weighted by Gasteiger charge is -2.14. The van der Waals surface area contributed by atoms with E-state index in [-0.39, 0.29) is 10.9 Å². The van der Waals surface area contributed by atoms with Gasteiger partial charge in [-0.2, -0.15) is 5.10 Å². The first-order valence-electron chi connectivity index (χ1n) is 6.50. The largest absolute Gasteiger partial charge is 0.497 e. The first kappa shape index (κ1) is 15.5. The van der Waals surface area contributed by atoms with E-state index < -0.39 is 10.0 Å². The van der Waals surface area contributed by atoms with Gasteiger partial charge in [-0.05, 0) is 31.5 Å². The number of aromatic nitrogens is 2. The number of nitrogens with one attached hydrogen (secondary N) is 1. The number of hydrogen-bond acceptors (Lipinski definition) is 4. The molecule has 0 saturated heterocycles. The van der Waals surface area contributed by atoms with Crippen molar-refractivity contribution in [1.82, 2.24) is 14.5 Å². The van der Waals surface area contributed by atoms with Crippen molar-refractivity contribution in [3.8, 4) is 5.75 Å². The van der Waals surface area contributed by atoms with Crippen LogP contribution in [0.3, 0.4) is 0 Å². The smallest absolute Gasteiger partial charge is 0.244 e. The van der Waals surface area contributed by atoms with Crippen LogP contribution in [0.25, 0.3) is 0 Å². The average Bonchev–Trinajstić information content (AvgIpc) is 2.78. The molecule has 1 aromatic heterocycles. The summed E-state index contributed by atoms with van der Waals surface area (Å²) in [5, 5.41) is 4.06. The molecule has 0 aliphatic heterocycles. The van der Waals surface area contributed by atoms with Gasteiger partial charge < -0.3 is 4.74 Å². The minimum absolute atomic E-state index is 0.199. The molecule has 2 aromatic rings. The van der Waals surface area contributed by atoms with Crippen molar-refractivity contribution in [2.75, 3.05) is 7.11 Å². The number of rotatable bonds is 5. The Balaban J connectivity index is 2.21. The van der Waals surface area contributed by atoms with Crippen molar-refractivity contribution in [2.45, 2.75) is 24.8 Å². The van der Waals surface area contributed by atoms with E-state index in [2.05, 4.69) is 9.82 Å². The summed E-state index contributed by atoms with van der Waals surface area (Å²) in [4.78, 5) is 0.199. The van der Waals surface area contributed by atoms with Gasteiger partial charge in [0.25, 0.3) is 0 Å². The molecule has 1 aromatic carbocycles. The molecule has 114 valence electrons. The summed E-state index contributed by atoms with van der Waals surface area (Å²) in [5.74, 6) is 0.733. The van der Waals surface area contributed by atoms with Gasteiger partial charge in [-0.1, -0.05) is 12.1 Å². The van der Waals surface area contributed by atoms with Gasteiger partial charge in [-0.15, -0.1) is 0 Å². The Morgan fingerprint density at radius 3 is 2.38 bits per heavy atom. The van der Waals surface area contributed by atoms with Crippen LogP contribution in [0.4, 0.5) is 0 Å². The molecule has 0 saturated carbocycles. The van der Waals surface area contributed by atoms with E-state index in [9.17, 15) is 8.42 Å². The Hall–Kier alpha value is -1.86. The van der Waals surface area contributed by atoms with Crippen LogP contribution < -0.4 is 9.46 Å². The van der Waals surface area contributed by atoms with E-state index in [4.69, 9.17) is 4.74 Å². The van der Waals surface area contributed by atoms with Crippen molar-refractivity contribution >= 4 is 10.0 Å². The number of benzene rings is 1. The van der Waals surface area contributed by atoms with Crippen LogP contribution in [0.15, 0.2) is 35.4 Å². The molecule has 1 unspecified atom stereocenters. The number of nitrogens with zero attached hydrogens (tertiary/aromatic N) is 2. The summed E-state index contributed by atoms with van der Waals surface area (Å²) >= 11 is 0. The Kier molecular flexibility index (Phi) is 4.34. The van der Waals surface area contributed by atoms with Crippen LogP contribution in [-0.4, -0.2) is 25.3 Å².